The lowest BCUT2D eigenvalue weighted by Gasteiger charge is -2.30. The molecule has 1 saturated carbocycles. The van der Waals surface area contributed by atoms with Gasteiger partial charge in [0.2, 0.25) is 0 Å². The van der Waals surface area contributed by atoms with Crippen molar-refractivity contribution in [2.24, 2.45) is 11.8 Å². The molecule has 1 aliphatic carbocycles. The number of ketones is 1. The summed E-state index contributed by atoms with van der Waals surface area (Å²) in [7, 11) is 3.84. The third-order valence-electron chi connectivity index (χ3n) is 3.87. The highest BCUT2D eigenvalue weighted by Crippen LogP contribution is 2.28. The summed E-state index contributed by atoms with van der Waals surface area (Å²) in [5.41, 5.74) is 0. The molecule has 1 aliphatic rings. The van der Waals surface area contributed by atoms with Gasteiger partial charge in [-0.2, -0.15) is 0 Å². The lowest BCUT2D eigenvalue weighted by atomic mass is 9.79. The van der Waals surface area contributed by atoms with E-state index in [1.165, 1.54) is 6.42 Å². The van der Waals surface area contributed by atoms with Crippen LogP contribution in [0.4, 0.5) is 0 Å². The highest BCUT2D eigenvalue weighted by molar-refractivity contribution is 5.81. The molecule has 0 spiro atoms. The second-order valence-corrected chi connectivity index (χ2v) is 5.32. The molecule has 0 heterocycles. The van der Waals surface area contributed by atoms with Gasteiger partial charge in [-0.3, -0.25) is 4.79 Å². The zero-order valence-corrected chi connectivity index (χ0v) is 11.6. The quantitative estimate of drug-likeness (QED) is 0.641. The summed E-state index contributed by atoms with van der Waals surface area (Å²) in [5.74, 6) is 1.53. The van der Waals surface area contributed by atoms with E-state index in [0.29, 0.717) is 5.78 Å². The van der Waals surface area contributed by atoms with Gasteiger partial charge in [0.25, 0.3) is 0 Å². The van der Waals surface area contributed by atoms with E-state index in [1.807, 2.05) is 0 Å². The van der Waals surface area contributed by atoms with Crippen molar-refractivity contribution in [3.63, 3.8) is 0 Å². The molecule has 0 amide bonds. The summed E-state index contributed by atoms with van der Waals surface area (Å²) >= 11 is 0. The molecule has 0 aromatic rings. The van der Waals surface area contributed by atoms with Gasteiger partial charge in [0, 0.05) is 39.1 Å². The highest BCUT2D eigenvalue weighted by atomic mass is 16.5. The molecule has 17 heavy (non-hydrogen) atoms. The molecule has 2 unspecified atom stereocenters. The fourth-order valence-corrected chi connectivity index (χ4v) is 2.70. The Kier molecular flexibility index (Phi) is 6.75. The Morgan fingerprint density at radius 2 is 2.24 bits per heavy atom. The highest BCUT2D eigenvalue weighted by Gasteiger charge is 2.28. The third kappa shape index (κ3) is 5.17. The van der Waals surface area contributed by atoms with Gasteiger partial charge in [-0.15, -0.1) is 0 Å². The van der Waals surface area contributed by atoms with E-state index in [-0.39, 0.29) is 5.92 Å². The van der Waals surface area contributed by atoms with E-state index in [2.05, 4.69) is 18.9 Å². The van der Waals surface area contributed by atoms with Crippen LogP contribution in [0.15, 0.2) is 0 Å². The van der Waals surface area contributed by atoms with E-state index < -0.39 is 0 Å². The predicted octanol–water partition coefficient (Wildman–Crippen LogP) is 2.35. The van der Waals surface area contributed by atoms with Crippen LogP contribution in [-0.4, -0.2) is 44.5 Å². The van der Waals surface area contributed by atoms with Crippen molar-refractivity contribution in [2.45, 2.75) is 39.0 Å². The summed E-state index contributed by atoms with van der Waals surface area (Å²) in [5, 5.41) is 0. The standard InChI is InChI=1S/C14H27NO2/c1-4-12-6-7-14(16)13(10-12)11-15(2)8-5-9-17-3/h12-13H,4-11H2,1-3H3. The van der Waals surface area contributed by atoms with Crippen LogP contribution in [0.25, 0.3) is 0 Å². The number of rotatable bonds is 7. The first kappa shape index (κ1) is 14.7. The molecule has 100 valence electrons. The van der Waals surface area contributed by atoms with Crippen molar-refractivity contribution < 1.29 is 9.53 Å². The van der Waals surface area contributed by atoms with Gasteiger partial charge in [0.1, 0.15) is 5.78 Å². The van der Waals surface area contributed by atoms with Crippen LogP contribution in [0.2, 0.25) is 0 Å². The first-order valence-corrected chi connectivity index (χ1v) is 6.87. The Bertz CT molecular complexity index is 230. The average molecular weight is 241 g/mol. The Labute approximate surface area is 106 Å². The fraction of sp³-hybridized carbons (Fsp3) is 0.929. The van der Waals surface area contributed by atoms with Gasteiger partial charge in [-0.05, 0) is 32.2 Å². The van der Waals surface area contributed by atoms with E-state index in [1.54, 1.807) is 7.11 Å². The lowest BCUT2D eigenvalue weighted by molar-refractivity contribution is -0.126. The zero-order valence-electron chi connectivity index (χ0n) is 11.6. The van der Waals surface area contributed by atoms with Gasteiger partial charge in [-0.1, -0.05) is 13.3 Å². The molecule has 1 rings (SSSR count). The molecule has 2 atom stereocenters. The summed E-state index contributed by atoms with van der Waals surface area (Å²) in [6, 6.07) is 0. The van der Waals surface area contributed by atoms with Gasteiger partial charge in [-0.25, -0.2) is 0 Å². The lowest BCUT2D eigenvalue weighted by Crippen LogP contribution is -2.35. The van der Waals surface area contributed by atoms with Crippen LogP contribution >= 0.6 is 0 Å². The minimum Gasteiger partial charge on any atom is -0.385 e. The third-order valence-corrected chi connectivity index (χ3v) is 3.87. The van der Waals surface area contributed by atoms with Gasteiger partial charge in [0.15, 0.2) is 0 Å². The van der Waals surface area contributed by atoms with Crippen LogP contribution in [0.5, 0.6) is 0 Å². The second kappa shape index (κ2) is 7.83. The minimum absolute atomic E-state index is 0.279. The molecule has 3 heteroatoms. The average Bonchev–Trinajstić information content (AvgIpc) is 2.32. The molecule has 0 aliphatic heterocycles. The zero-order chi connectivity index (χ0) is 12.7. The van der Waals surface area contributed by atoms with Crippen molar-refractivity contribution in [2.75, 3.05) is 33.9 Å². The summed E-state index contributed by atoms with van der Waals surface area (Å²) in [4.78, 5) is 14.1. The molecule has 1 fully saturated rings. The first-order chi connectivity index (χ1) is 8.17. The molecule has 3 nitrogen and oxygen atoms in total. The molecular weight excluding hydrogens is 214 g/mol. The monoisotopic (exact) mass is 241 g/mol. The van der Waals surface area contributed by atoms with Crippen molar-refractivity contribution in [1.29, 1.82) is 0 Å². The first-order valence-electron chi connectivity index (χ1n) is 6.87. The Hall–Kier alpha value is -0.410. The number of ether oxygens (including phenoxy) is 1. The molecule has 0 bridgehead atoms. The maximum atomic E-state index is 11.9. The normalized spacial score (nSPS) is 25.5. The van der Waals surface area contributed by atoms with Gasteiger partial charge in [0.05, 0.1) is 0 Å². The summed E-state index contributed by atoms with van der Waals surface area (Å²) in [6.45, 7) is 4.99. The van der Waals surface area contributed by atoms with E-state index in [9.17, 15) is 4.79 Å². The Morgan fingerprint density at radius 3 is 2.88 bits per heavy atom. The number of carbonyl (C=O) groups is 1. The van der Waals surface area contributed by atoms with Crippen LogP contribution in [0.1, 0.15) is 39.0 Å². The number of hydrogen-bond donors (Lipinski definition) is 0. The number of hydrogen-bond acceptors (Lipinski definition) is 3. The molecule has 0 aromatic carbocycles. The molecule has 0 aromatic heterocycles. The van der Waals surface area contributed by atoms with E-state index in [0.717, 1.165) is 51.3 Å². The largest absolute Gasteiger partial charge is 0.385 e. The van der Waals surface area contributed by atoms with Crippen molar-refractivity contribution in [3.05, 3.63) is 0 Å². The summed E-state index contributed by atoms with van der Waals surface area (Å²) < 4.78 is 5.04. The SMILES string of the molecule is CCC1CCC(=O)C(CN(C)CCCOC)C1. The number of carbonyl (C=O) groups excluding carboxylic acids is 1. The summed E-state index contributed by atoms with van der Waals surface area (Å²) in [6.07, 6.45) is 5.28. The van der Waals surface area contributed by atoms with E-state index in [4.69, 9.17) is 4.74 Å². The van der Waals surface area contributed by atoms with Crippen molar-refractivity contribution in [1.82, 2.24) is 4.90 Å². The molecule has 0 radical (unpaired) electrons. The second-order valence-electron chi connectivity index (χ2n) is 5.32. The topological polar surface area (TPSA) is 29.5 Å². The molecule has 0 saturated heterocycles. The van der Waals surface area contributed by atoms with E-state index >= 15 is 0 Å². The van der Waals surface area contributed by atoms with Gasteiger partial charge < -0.3 is 9.64 Å². The van der Waals surface area contributed by atoms with Crippen LogP contribution in [0, 0.1) is 11.8 Å². The van der Waals surface area contributed by atoms with Crippen molar-refractivity contribution >= 4 is 5.78 Å². The number of nitrogens with zero attached hydrogens (tertiary/aromatic N) is 1. The number of methoxy groups -OCH3 is 1. The maximum absolute atomic E-state index is 11.9. The smallest absolute Gasteiger partial charge is 0.137 e. The maximum Gasteiger partial charge on any atom is 0.137 e. The van der Waals surface area contributed by atoms with Crippen LogP contribution < -0.4 is 0 Å². The van der Waals surface area contributed by atoms with Crippen molar-refractivity contribution in [3.8, 4) is 0 Å². The van der Waals surface area contributed by atoms with Gasteiger partial charge >= 0.3 is 0 Å². The Morgan fingerprint density at radius 1 is 1.47 bits per heavy atom. The molecule has 0 N–H and O–H groups in total. The van der Waals surface area contributed by atoms with Crippen LogP contribution in [0.3, 0.4) is 0 Å². The minimum atomic E-state index is 0.279. The Balaban J connectivity index is 2.29. The number of Topliss-reactive ketones (excluding diaryl/α,β-unsaturated/α-hetero) is 1. The van der Waals surface area contributed by atoms with Crippen LogP contribution in [-0.2, 0) is 9.53 Å². The molecular formula is C14H27NO2. The fourth-order valence-electron chi connectivity index (χ4n) is 2.70. The predicted molar refractivity (Wildman–Crippen MR) is 70.1 cm³/mol.